The number of amides is 1. The standard InChI is InChI=1S/C9H15N3O/c1-11-6-8(13)12-9(7-10)4-2-3-5-9/h11H,2-6H2,1H3,(H,12,13). The van der Waals surface area contributed by atoms with Crippen molar-refractivity contribution in [1.29, 1.82) is 5.26 Å². The number of carbonyl (C=O) groups excluding carboxylic acids is 1. The highest BCUT2D eigenvalue weighted by molar-refractivity contribution is 5.79. The lowest BCUT2D eigenvalue weighted by Crippen LogP contribution is -2.47. The summed E-state index contributed by atoms with van der Waals surface area (Å²) in [7, 11) is 1.72. The first-order valence-electron chi connectivity index (χ1n) is 4.59. The number of carbonyl (C=O) groups is 1. The Bertz CT molecular complexity index is 226. The van der Waals surface area contributed by atoms with Crippen LogP contribution in [0.25, 0.3) is 0 Å². The number of nitriles is 1. The first kappa shape index (κ1) is 10.0. The number of rotatable bonds is 3. The topological polar surface area (TPSA) is 64.9 Å². The van der Waals surface area contributed by atoms with Crippen LogP contribution in [0.15, 0.2) is 0 Å². The predicted octanol–water partition coefficient (Wildman–Crippen LogP) is 0.158. The Kier molecular flexibility index (Phi) is 3.26. The molecular weight excluding hydrogens is 166 g/mol. The number of likely N-dealkylation sites (N-methyl/N-ethyl adjacent to an activating group) is 1. The Morgan fingerprint density at radius 3 is 2.62 bits per heavy atom. The van der Waals surface area contributed by atoms with Crippen molar-refractivity contribution < 1.29 is 4.79 Å². The molecule has 0 spiro atoms. The van der Waals surface area contributed by atoms with Gasteiger partial charge in [0.1, 0.15) is 5.54 Å². The predicted molar refractivity (Wildman–Crippen MR) is 48.9 cm³/mol. The Balaban J connectivity index is 2.49. The van der Waals surface area contributed by atoms with Gasteiger partial charge in [0.05, 0.1) is 12.6 Å². The van der Waals surface area contributed by atoms with Gasteiger partial charge in [0.15, 0.2) is 0 Å². The molecule has 13 heavy (non-hydrogen) atoms. The third-order valence-corrected chi connectivity index (χ3v) is 2.39. The van der Waals surface area contributed by atoms with Crippen molar-refractivity contribution in [3.8, 4) is 6.07 Å². The Hall–Kier alpha value is -1.08. The van der Waals surface area contributed by atoms with Crippen molar-refractivity contribution in [2.75, 3.05) is 13.6 Å². The molecule has 72 valence electrons. The van der Waals surface area contributed by atoms with Gasteiger partial charge in [-0.3, -0.25) is 4.79 Å². The van der Waals surface area contributed by atoms with Gasteiger partial charge in [-0.15, -0.1) is 0 Å². The number of nitrogens with zero attached hydrogens (tertiary/aromatic N) is 1. The summed E-state index contributed by atoms with van der Waals surface area (Å²) in [5.41, 5.74) is -0.575. The lowest BCUT2D eigenvalue weighted by molar-refractivity contribution is -0.121. The second-order valence-electron chi connectivity index (χ2n) is 3.48. The number of hydrogen-bond acceptors (Lipinski definition) is 3. The Labute approximate surface area is 78.3 Å². The van der Waals surface area contributed by atoms with Crippen LogP contribution >= 0.6 is 0 Å². The zero-order chi connectivity index (χ0) is 9.73. The fraction of sp³-hybridized carbons (Fsp3) is 0.778. The monoisotopic (exact) mass is 181 g/mol. The van der Waals surface area contributed by atoms with E-state index in [2.05, 4.69) is 16.7 Å². The maximum absolute atomic E-state index is 11.2. The fourth-order valence-corrected chi connectivity index (χ4v) is 1.71. The number of nitrogens with one attached hydrogen (secondary N) is 2. The van der Waals surface area contributed by atoms with Gasteiger partial charge in [-0.25, -0.2) is 0 Å². The van der Waals surface area contributed by atoms with Gasteiger partial charge in [-0.05, 0) is 32.7 Å². The third-order valence-electron chi connectivity index (χ3n) is 2.39. The van der Waals surface area contributed by atoms with Crippen molar-refractivity contribution in [2.45, 2.75) is 31.2 Å². The van der Waals surface area contributed by atoms with Gasteiger partial charge in [-0.1, -0.05) is 0 Å². The summed E-state index contributed by atoms with van der Waals surface area (Å²) in [6.45, 7) is 0.281. The van der Waals surface area contributed by atoms with Gasteiger partial charge in [0.2, 0.25) is 5.91 Å². The van der Waals surface area contributed by atoms with Crippen LogP contribution in [-0.2, 0) is 4.79 Å². The minimum atomic E-state index is -0.575. The molecule has 0 atom stereocenters. The van der Waals surface area contributed by atoms with Crippen LogP contribution in [0.1, 0.15) is 25.7 Å². The smallest absolute Gasteiger partial charge is 0.235 e. The molecule has 4 nitrogen and oxygen atoms in total. The summed E-state index contributed by atoms with van der Waals surface area (Å²) in [4.78, 5) is 11.2. The van der Waals surface area contributed by atoms with E-state index in [0.717, 1.165) is 25.7 Å². The van der Waals surface area contributed by atoms with Gasteiger partial charge in [-0.2, -0.15) is 5.26 Å². The van der Waals surface area contributed by atoms with Crippen LogP contribution in [-0.4, -0.2) is 25.0 Å². The molecule has 0 unspecified atom stereocenters. The molecule has 1 rings (SSSR count). The van der Waals surface area contributed by atoms with E-state index in [-0.39, 0.29) is 12.5 Å². The lowest BCUT2D eigenvalue weighted by Gasteiger charge is -2.21. The van der Waals surface area contributed by atoms with Gasteiger partial charge in [0, 0.05) is 0 Å². The summed E-state index contributed by atoms with van der Waals surface area (Å²) >= 11 is 0. The van der Waals surface area contributed by atoms with Crippen molar-refractivity contribution in [1.82, 2.24) is 10.6 Å². The molecule has 0 radical (unpaired) electrons. The molecule has 0 bridgehead atoms. The summed E-state index contributed by atoms with van der Waals surface area (Å²) < 4.78 is 0. The molecule has 1 aliphatic rings. The second-order valence-corrected chi connectivity index (χ2v) is 3.48. The lowest BCUT2D eigenvalue weighted by atomic mass is 10.00. The fourth-order valence-electron chi connectivity index (χ4n) is 1.71. The molecule has 0 aliphatic heterocycles. The van der Waals surface area contributed by atoms with E-state index < -0.39 is 5.54 Å². The normalized spacial score (nSPS) is 19.4. The highest BCUT2D eigenvalue weighted by Gasteiger charge is 2.34. The molecule has 0 aromatic carbocycles. The SMILES string of the molecule is CNCC(=O)NC1(C#N)CCCC1. The highest BCUT2D eigenvalue weighted by Crippen LogP contribution is 2.28. The number of hydrogen-bond donors (Lipinski definition) is 2. The Morgan fingerprint density at radius 2 is 2.15 bits per heavy atom. The molecule has 1 aliphatic carbocycles. The van der Waals surface area contributed by atoms with Crippen molar-refractivity contribution >= 4 is 5.91 Å². The van der Waals surface area contributed by atoms with Crippen molar-refractivity contribution in [3.05, 3.63) is 0 Å². The first-order valence-corrected chi connectivity index (χ1v) is 4.59. The van der Waals surface area contributed by atoms with E-state index in [1.807, 2.05) is 0 Å². The third kappa shape index (κ3) is 2.43. The van der Waals surface area contributed by atoms with Gasteiger partial charge in [0.25, 0.3) is 0 Å². The minimum absolute atomic E-state index is 0.0917. The largest absolute Gasteiger partial charge is 0.337 e. The van der Waals surface area contributed by atoms with E-state index >= 15 is 0 Å². The maximum atomic E-state index is 11.2. The van der Waals surface area contributed by atoms with Crippen LogP contribution in [0.5, 0.6) is 0 Å². The van der Waals surface area contributed by atoms with Crippen molar-refractivity contribution in [2.24, 2.45) is 0 Å². The average molecular weight is 181 g/mol. The summed E-state index contributed by atoms with van der Waals surface area (Å²) in [5.74, 6) is -0.0917. The average Bonchev–Trinajstić information content (AvgIpc) is 2.54. The van der Waals surface area contributed by atoms with E-state index in [1.165, 1.54) is 0 Å². The molecule has 2 N–H and O–H groups in total. The zero-order valence-corrected chi connectivity index (χ0v) is 7.89. The summed E-state index contributed by atoms with van der Waals surface area (Å²) in [6, 6.07) is 2.21. The second kappa shape index (κ2) is 4.24. The molecule has 4 heteroatoms. The molecule has 1 fully saturated rings. The summed E-state index contributed by atoms with van der Waals surface area (Å²) in [5, 5.41) is 14.5. The van der Waals surface area contributed by atoms with E-state index in [0.29, 0.717) is 0 Å². The van der Waals surface area contributed by atoms with Crippen LogP contribution in [0.4, 0.5) is 0 Å². The summed E-state index contributed by atoms with van der Waals surface area (Å²) in [6.07, 6.45) is 3.65. The van der Waals surface area contributed by atoms with Gasteiger partial charge >= 0.3 is 0 Å². The molecule has 1 amide bonds. The van der Waals surface area contributed by atoms with Crippen molar-refractivity contribution in [3.63, 3.8) is 0 Å². The highest BCUT2D eigenvalue weighted by atomic mass is 16.2. The van der Waals surface area contributed by atoms with Crippen LogP contribution in [0, 0.1) is 11.3 Å². The first-order chi connectivity index (χ1) is 6.22. The van der Waals surface area contributed by atoms with Gasteiger partial charge < -0.3 is 10.6 Å². The molecule has 0 aromatic rings. The van der Waals surface area contributed by atoms with Crippen LogP contribution in [0.2, 0.25) is 0 Å². The quantitative estimate of drug-likeness (QED) is 0.651. The zero-order valence-electron chi connectivity index (χ0n) is 7.89. The van der Waals surface area contributed by atoms with E-state index in [9.17, 15) is 4.79 Å². The minimum Gasteiger partial charge on any atom is -0.337 e. The van der Waals surface area contributed by atoms with E-state index in [1.54, 1.807) is 7.05 Å². The molecular formula is C9H15N3O. The van der Waals surface area contributed by atoms with Crippen LogP contribution in [0.3, 0.4) is 0 Å². The molecule has 0 saturated heterocycles. The maximum Gasteiger partial charge on any atom is 0.235 e. The van der Waals surface area contributed by atoms with Crippen LogP contribution < -0.4 is 10.6 Å². The van der Waals surface area contributed by atoms with E-state index in [4.69, 9.17) is 5.26 Å². The molecule has 0 aromatic heterocycles. The Morgan fingerprint density at radius 1 is 1.54 bits per heavy atom. The molecule has 0 heterocycles. The molecule has 1 saturated carbocycles.